The molecule has 0 aromatic heterocycles. The molecular formula is C5H8NP. The number of hydrogen-bond acceptors (Lipinski definition) is 1. The van der Waals surface area contributed by atoms with Crippen molar-refractivity contribution in [1.82, 2.24) is 5.32 Å². The van der Waals surface area contributed by atoms with Crippen molar-refractivity contribution in [1.29, 1.82) is 0 Å². The zero-order valence-corrected chi connectivity index (χ0v) is 5.17. The summed E-state index contributed by atoms with van der Waals surface area (Å²) in [6, 6.07) is 0. The van der Waals surface area contributed by atoms with Gasteiger partial charge in [-0.05, 0) is 6.08 Å². The number of allylic oxidation sites excluding steroid dienone is 2. The average Bonchev–Trinajstić information content (AvgIpc) is 1.69. The van der Waals surface area contributed by atoms with Crippen LogP contribution in [0.25, 0.3) is 0 Å². The second-order valence-electron chi connectivity index (χ2n) is 1.43. The van der Waals surface area contributed by atoms with Crippen molar-refractivity contribution in [3.8, 4) is 0 Å². The van der Waals surface area contributed by atoms with Gasteiger partial charge in [0, 0.05) is 12.0 Å². The van der Waals surface area contributed by atoms with Crippen LogP contribution in [0.15, 0.2) is 23.7 Å². The highest BCUT2D eigenvalue weighted by atomic mass is 31.0. The second-order valence-corrected chi connectivity index (χ2v) is 2.05. The predicted molar refractivity (Wildman–Crippen MR) is 34.9 cm³/mol. The number of nitrogens with one attached hydrogen (secondary N) is 1. The van der Waals surface area contributed by atoms with Crippen LogP contribution in [0, 0.1) is 0 Å². The minimum Gasteiger partial charge on any atom is -0.382 e. The molecule has 0 saturated carbocycles. The smallest absolute Gasteiger partial charge is 0.0333 e. The molecule has 0 aliphatic carbocycles. The molecule has 1 atom stereocenters. The largest absolute Gasteiger partial charge is 0.382 e. The first kappa shape index (κ1) is 4.86. The van der Waals surface area contributed by atoms with Gasteiger partial charge in [-0.3, -0.25) is 0 Å². The molecule has 0 amide bonds. The molecule has 38 valence electrons. The lowest BCUT2D eigenvalue weighted by Gasteiger charge is -2.03. The van der Waals surface area contributed by atoms with E-state index in [0.29, 0.717) is 0 Å². The van der Waals surface area contributed by atoms with Crippen LogP contribution in [0.5, 0.6) is 0 Å². The van der Waals surface area contributed by atoms with E-state index in [1.807, 2.05) is 12.2 Å². The quantitative estimate of drug-likeness (QED) is 0.459. The summed E-state index contributed by atoms with van der Waals surface area (Å²) in [5.41, 5.74) is 1.17. The fraction of sp³-hybridized carbons (Fsp3) is 0.200. The van der Waals surface area contributed by atoms with Gasteiger partial charge in [0.1, 0.15) is 0 Å². The topological polar surface area (TPSA) is 12.0 Å². The standard InChI is InChI=1S/C5H8NP/c7-5-3-1-2-4-6-5/h1-3,6H,4,7H2. The number of dihydropyridines is 1. The Kier molecular flexibility index (Phi) is 1.48. The summed E-state index contributed by atoms with van der Waals surface area (Å²) in [4.78, 5) is 0. The highest BCUT2D eigenvalue weighted by Crippen LogP contribution is 2.02. The van der Waals surface area contributed by atoms with E-state index < -0.39 is 0 Å². The van der Waals surface area contributed by atoms with Crippen LogP contribution in [0.2, 0.25) is 0 Å². The van der Waals surface area contributed by atoms with Gasteiger partial charge in [0.15, 0.2) is 0 Å². The molecule has 1 heterocycles. The van der Waals surface area contributed by atoms with Gasteiger partial charge in [-0.15, -0.1) is 0 Å². The predicted octanol–water partition coefficient (Wildman–Crippen LogP) is 0.862. The Bertz CT molecular complexity index is 115. The maximum absolute atomic E-state index is 3.12. The normalized spacial score (nSPS) is 18.1. The van der Waals surface area contributed by atoms with E-state index in [1.54, 1.807) is 0 Å². The molecule has 1 rings (SSSR count). The molecule has 0 saturated heterocycles. The Morgan fingerprint density at radius 2 is 2.57 bits per heavy atom. The number of hydrogen-bond donors (Lipinski definition) is 1. The van der Waals surface area contributed by atoms with Crippen LogP contribution < -0.4 is 5.32 Å². The van der Waals surface area contributed by atoms with Gasteiger partial charge in [-0.1, -0.05) is 21.4 Å². The third-order valence-corrected chi connectivity index (χ3v) is 1.23. The maximum atomic E-state index is 3.12. The molecule has 1 aliphatic rings. The number of rotatable bonds is 0. The molecule has 0 aromatic carbocycles. The van der Waals surface area contributed by atoms with Crippen LogP contribution in [-0.2, 0) is 0 Å². The maximum Gasteiger partial charge on any atom is 0.0333 e. The first-order valence-corrected chi connectivity index (χ1v) is 2.83. The van der Waals surface area contributed by atoms with Crippen molar-refractivity contribution in [2.75, 3.05) is 6.54 Å². The van der Waals surface area contributed by atoms with Gasteiger partial charge in [-0.25, -0.2) is 0 Å². The zero-order chi connectivity index (χ0) is 5.11. The molecule has 1 aliphatic heterocycles. The van der Waals surface area contributed by atoms with Gasteiger partial charge < -0.3 is 5.32 Å². The molecule has 0 fully saturated rings. The van der Waals surface area contributed by atoms with E-state index in [9.17, 15) is 0 Å². The molecule has 0 bridgehead atoms. The second kappa shape index (κ2) is 2.13. The van der Waals surface area contributed by atoms with Crippen LogP contribution in [0.1, 0.15) is 0 Å². The Hall–Kier alpha value is -0.290. The first-order valence-electron chi connectivity index (χ1n) is 2.26. The minimum atomic E-state index is 0.968. The van der Waals surface area contributed by atoms with E-state index >= 15 is 0 Å². The highest BCUT2D eigenvalue weighted by Gasteiger charge is 1.85. The summed E-state index contributed by atoms with van der Waals surface area (Å²) in [7, 11) is 2.60. The fourth-order valence-electron chi connectivity index (χ4n) is 0.475. The fourth-order valence-corrected chi connectivity index (χ4v) is 0.704. The molecular weight excluding hydrogens is 105 g/mol. The molecule has 7 heavy (non-hydrogen) atoms. The molecule has 2 heteroatoms. The van der Waals surface area contributed by atoms with Crippen molar-refractivity contribution < 1.29 is 0 Å². The van der Waals surface area contributed by atoms with Crippen molar-refractivity contribution in [3.05, 3.63) is 23.7 Å². The van der Waals surface area contributed by atoms with E-state index in [0.717, 1.165) is 6.54 Å². The third kappa shape index (κ3) is 1.32. The van der Waals surface area contributed by atoms with Gasteiger partial charge >= 0.3 is 0 Å². The lowest BCUT2D eigenvalue weighted by Crippen LogP contribution is -2.10. The van der Waals surface area contributed by atoms with Gasteiger partial charge in [0.25, 0.3) is 0 Å². The van der Waals surface area contributed by atoms with Crippen LogP contribution >= 0.6 is 9.24 Å². The Morgan fingerprint density at radius 1 is 1.71 bits per heavy atom. The van der Waals surface area contributed by atoms with E-state index in [-0.39, 0.29) is 0 Å². The molecule has 1 N–H and O–H groups in total. The van der Waals surface area contributed by atoms with Crippen LogP contribution in [0.3, 0.4) is 0 Å². The molecule has 1 unspecified atom stereocenters. The molecule has 0 radical (unpaired) electrons. The van der Waals surface area contributed by atoms with Gasteiger partial charge in [0.2, 0.25) is 0 Å². The van der Waals surface area contributed by atoms with E-state index in [2.05, 4.69) is 20.6 Å². The van der Waals surface area contributed by atoms with Crippen molar-refractivity contribution >= 4 is 9.24 Å². The summed E-state index contributed by atoms with van der Waals surface area (Å²) in [5, 5.41) is 3.12. The lowest BCUT2D eigenvalue weighted by atomic mass is 10.4. The monoisotopic (exact) mass is 113 g/mol. The van der Waals surface area contributed by atoms with Crippen molar-refractivity contribution in [2.45, 2.75) is 0 Å². The average molecular weight is 113 g/mol. The van der Waals surface area contributed by atoms with Gasteiger partial charge in [-0.2, -0.15) is 0 Å². The van der Waals surface area contributed by atoms with E-state index in [4.69, 9.17) is 0 Å². The van der Waals surface area contributed by atoms with Crippen LogP contribution in [0.4, 0.5) is 0 Å². The summed E-state index contributed by atoms with van der Waals surface area (Å²) in [5.74, 6) is 0. The molecule has 0 aromatic rings. The molecule has 1 nitrogen and oxygen atoms in total. The Labute approximate surface area is 45.7 Å². The van der Waals surface area contributed by atoms with Crippen molar-refractivity contribution in [2.24, 2.45) is 0 Å². The molecule has 0 spiro atoms. The third-order valence-electron chi connectivity index (χ3n) is 0.836. The SMILES string of the molecule is PC1=CC=CCN1. The summed E-state index contributed by atoms with van der Waals surface area (Å²) < 4.78 is 0. The summed E-state index contributed by atoms with van der Waals surface area (Å²) in [6.45, 7) is 0.968. The summed E-state index contributed by atoms with van der Waals surface area (Å²) in [6.07, 6.45) is 6.14. The Balaban J connectivity index is 2.57. The summed E-state index contributed by atoms with van der Waals surface area (Å²) >= 11 is 0. The van der Waals surface area contributed by atoms with Crippen molar-refractivity contribution in [3.63, 3.8) is 0 Å². The zero-order valence-electron chi connectivity index (χ0n) is 4.02. The first-order chi connectivity index (χ1) is 3.39. The van der Waals surface area contributed by atoms with Gasteiger partial charge in [0.05, 0.1) is 0 Å². The minimum absolute atomic E-state index is 0.968. The highest BCUT2D eigenvalue weighted by molar-refractivity contribution is 7.22. The van der Waals surface area contributed by atoms with Crippen LogP contribution in [-0.4, -0.2) is 6.54 Å². The Morgan fingerprint density at radius 3 is 2.86 bits per heavy atom. The van der Waals surface area contributed by atoms with E-state index in [1.165, 1.54) is 5.44 Å². The lowest BCUT2D eigenvalue weighted by molar-refractivity contribution is 0.954.